The average molecular weight is 489 g/mol. The number of nitrogens with one attached hydrogen (secondary N) is 2. The summed E-state index contributed by atoms with van der Waals surface area (Å²) in [5.74, 6) is 1.92. The van der Waals surface area contributed by atoms with E-state index in [0.717, 1.165) is 44.4 Å². The highest BCUT2D eigenvalue weighted by molar-refractivity contribution is 14.0. The normalized spacial score (nSPS) is 23.0. The van der Waals surface area contributed by atoms with E-state index in [2.05, 4.69) is 38.4 Å². The number of rotatable bonds is 7. The number of guanidine groups is 1. The summed E-state index contributed by atoms with van der Waals surface area (Å²) in [5.41, 5.74) is 0. The van der Waals surface area contributed by atoms with Crippen LogP contribution in [-0.2, 0) is 0 Å². The average Bonchev–Trinajstić information content (AvgIpc) is 3.36. The molecule has 3 rings (SSSR count). The minimum atomic E-state index is 0. The zero-order valence-electron chi connectivity index (χ0n) is 16.8. The molecule has 2 aliphatic rings. The lowest BCUT2D eigenvalue weighted by Gasteiger charge is -2.33. The topological polar surface area (TPSA) is 56.0 Å². The highest BCUT2D eigenvalue weighted by Gasteiger charge is 2.25. The van der Waals surface area contributed by atoms with Crippen LogP contribution in [0.15, 0.2) is 27.8 Å². The molecule has 1 aromatic rings. The fourth-order valence-electron chi connectivity index (χ4n) is 4.17. The molecule has 0 amide bonds. The van der Waals surface area contributed by atoms with Crippen molar-refractivity contribution < 1.29 is 4.42 Å². The van der Waals surface area contributed by atoms with Crippen LogP contribution >= 0.6 is 24.0 Å². The van der Waals surface area contributed by atoms with Crippen LogP contribution < -0.4 is 10.6 Å². The number of aliphatic imine (C=N–C) groups is 1. The van der Waals surface area contributed by atoms with Crippen molar-refractivity contribution in [3.63, 3.8) is 0 Å². The molecule has 2 unspecified atom stereocenters. The molecule has 7 heteroatoms. The Kier molecular flexibility index (Phi) is 9.92. The van der Waals surface area contributed by atoms with Gasteiger partial charge in [-0.2, -0.15) is 0 Å². The number of piperidine rings is 1. The summed E-state index contributed by atoms with van der Waals surface area (Å²) in [4.78, 5) is 9.49. The second-order valence-corrected chi connectivity index (χ2v) is 7.53. The first-order chi connectivity index (χ1) is 12.8. The summed E-state index contributed by atoms with van der Waals surface area (Å²) in [6.45, 7) is 8.68. The van der Waals surface area contributed by atoms with Crippen molar-refractivity contribution in [3.05, 3.63) is 24.2 Å². The van der Waals surface area contributed by atoms with Crippen molar-refractivity contribution >= 4 is 29.9 Å². The van der Waals surface area contributed by atoms with E-state index in [4.69, 9.17) is 4.42 Å². The minimum absolute atomic E-state index is 0. The number of hydrogen-bond acceptors (Lipinski definition) is 4. The summed E-state index contributed by atoms with van der Waals surface area (Å²) < 4.78 is 5.70. The number of hydrogen-bond donors (Lipinski definition) is 2. The maximum atomic E-state index is 5.70. The van der Waals surface area contributed by atoms with E-state index in [1.54, 1.807) is 6.26 Å². The van der Waals surface area contributed by atoms with Gasteiger partial charge < -0.3 is 15.1 Å². The maximum absolute atomic E-state index is 5.70. The van der Waals surface area contributed by atoms with Gasteiger partial charge in [-0.1, -0.05) is 6.42 Å². The van der Waals surface area contributed by atoms with Gasteiger partial charge in [0.2, 0.25) is 0 Å². The Morgan fingerprint density at radius 1 is 1.22 bits per heavy atom. The van der Waals surface area contributed by atoms with Crippen molar-refractivity contribution in [1.82, 2.24) is 20.4 Å². The Bertz CT molecular complexity index is 545. The van der Waals surface area contributed by atoms with Crippen LogP contribution in [0.25, 0.3) is 0 Å². The van der Waals surface area contributed by atoms with Crippen molar-refractivity contribution in [1.29, 1.82) is 0 Å². The molecule has 2 N–H and O–H groups in total. The minimum Gasteiger partial charge on any atom is -0.468 e. The van der Waals surface area contributed by atoms with Gasteiger partial charge in [-0.25, -0.2) is 0 Å². The van der Waals surface area contributed by atoms with E-state index in [1.165, 1.54) is 38.6 Å². The summed E-state index contributed by atoms with van der Waals surface area (Å²) >= 11 is 0. The second kappa shape index (κ2) is 11.9. The molecule has 3 heterocycles. The first-order valence-electron chi connectivity index (χ1n) is 10.2. The molecule has 2 atom stereocenters. The SMILES string of the molecule is CN=C(NCCN1CCCCC1C)NCC(c1ccco1)N1CCCC1.I. The van der Waals surface area contributed by atoms with Crippen LogP contribution in [-0.4, -0.2) is 68.1 Å². The quantitative estimate of drug-likeness (QED) is 0.351. The molecular weight excluding hydrogens is 453 g/mol. The van der Waals surface area contributed by atoms with Crippen LogP contribution in [0.1, 0.15) is 50.8 Å². The van der Waals surface area contributed by atoms with Crippen LogP contribution in [0, 0.1) is 0 Å². The van der Waals surface area contributed by atoms with Gasteiger partial charge in [0.05, 0.1) is 12.3 Å². The van der Waals surface area contributed by atoms with Crippen LogP contribution in [0.5, 0.6) is 0 Å². The van der Waals surface area contributed by atoms with Crippen molar-refractivity contribution in [3.8, 4) is 0 Å². The van der Waals surface area contributed by atoms with Gasteiger partial charge in [0.15, 0.2) is 5.96 Å². The molecule has 6 nitrogen and oxygen atoms in total. The molecule has 2 aliphatic heterocycles. The van der Waals surface area contributed by atoms with Crippen molar-refractivity contribution in [2.24, 2.45) is 4.99 Å². The lowest BCUT2D eigenvalue weighted by atomic mass is 10.0. The highest BCUT2D eigenvalue weighted by atomic mass is 127. The van der Waals surface area contributed by atoms with Crippen LogP contribution in [0.2, 0.25) is 0 Å². The predicted molar refractivity (Wildman–Crippen MR) is 122 cm³/mol. The molecule has 0 saturated carbocycles. The molecular formula is C20H36IN5O. The molecule has 0 bridgehead atoms. The zero-order valence-corrected chi connectivity index (χ0v) is 19.2. The third-order valence-corrected chi connectivity index (χ3v) is 5.77. The lowest BCUT2D eigenvalue weighted by molar-refractivity contribution is 0.163. The third kappa shape index (κ3) is 6.64. The Balaban J connectivity index is 0.00000261. The van der Waals surface area contributed by atoms with Gasteiger partial charge in [-0.05, 0) is 64.4 Å². The van der Waals surface area contributed by atoms with Gasteiger partial charge in [-0.15, -0.1) is 24.0 Å². The first-order valence-corrected chi connectivity index (χ1v) is 10.2. The molecule has 1 aromatic heterocycles. The van der Waals surface area contributed by atoms with E-state index >= 15 is 0 Å². The van der Waals surface area contributed by atoms with Gasteiger partial charge in [-0.3, -0.25) is 14.8 Å². The highest BCUT2D eigenvalue weighted by Crippen LogP contribution is 2.24. The second-order valence-electron chi connectivity index (χ2n) is 7.53. The monoisotopic (exact) mass is 489 g/mol. The summed E-state index contributed by atoms with van der Waals surface area (Å²) in [6, 6.07) is 5.04. The van der Waals surface area contributed by atoms with E-state index in [-0.39, 0.29) is 30.0 Å². The molecule has 0 spiro atoms. The summed E-state index contributed by atoms with van der Waals surface area (Å²) in [6.07, 6.45) is 8.35. The number of nitrogens with zero attached hydrogens (tertiary/aromatic N) is 3. The van der Waals surface area contributed by atoms with Crippen molar-refractivity contribution in [2.45, 2.75) is 51.1 Å². The van der Waals surface area contributed by atoms with Crippen LogP contribution in [0.3, 0.4) is 0 Å². The van der Waals surface area contributed by atoms with Gasteiger partial charge in [0.1, 0.15) is 5.76 Å². The Hall–Kier alpha value is -0.800. The standard InChI is InChI=1S/C20H35N5O.HI/c1-17-8-3-4-11-24(17)14-10-22-20(21-2)23-16-18(19-9-7-15-26-19)25-12-5-6-13-25;/h7,9,15,17-18H,3-6,8,10-14,16H2,1-2H3,(H2,21,22,23);1H. The summed E-state index contributed by atoms with van der Waals surface area (Å²) in [7, 11) is 1.84. The number of halogens is 1. The first kappa shape index (κ1) is 22.5. The van der Waals surface area contributed by atoms with Crippen molar-refractivity contribution in [2.75, 3.05) is 46.3 Å². The molecule has 0 aliphatic carbocycles. The lowest BCUT2D eigenvalue weighted by Crippen LogP contribution is -2.46. The summed E-state index contributed by atoms with van der Waals surface area (Å²) in [5, 5.41) is 6.98. The fourth-order valence-corrected chi connectivity index (χ4v) is 4.17. The van der Waals surface area contributed by atoms with E-state index in [9.17, 15) is 0 Å². The fraction of sp³-hybridized carbons (Fsp3) is 0.750. The van der Waals surface area contributed by atoms with Crippen LogP contribution in [0.4, 0.5) is 0 Å². The molecule has 27 heavy (non-hydrogen) atoms. The molecule has 2 fully saturated rings. The van der Waals surface area contributed by atoms with E-state index in [0.29, 0.717) is 6.04 Å². The molecule has 154 valence electrons. The smallest absolute Gasteiger partial charge is 0.191 e. The van der Waals surface area contributed by atoms with Gasteiger partial charge in [0, 0.05) is 32.7 Å². The van der Waals surface area contributed by atoms with E-state index < -0.39 is 0 Å². The Morgan fingerprint density at radius 2 is 2.00 bits per heavy atom. The molecule has 0 aromatic carbocycles. The number of furan rings is 1. The third-order valence-electron chi connectivity index (χ3n) is 5.77. The van der Waals surface area contributed by atoms with Gasteiger partial charge >= 0.3 is 0 Å². The molecule has 0 radical (unpaired) electrons. The molecule has 2 saturated heterocycles. The van der Waals surface area contributed by atoms with Gasteiger partial charge in [0.25, 0.3) is 0 Å². The van der Waals surface area contributed by atoms with E-state index in [1.807, 2.05) is 13.1 Å². The largest absolute Gasteiger partial charge is 0.468 e. The maximum Gasteiger partial charge on any atom is 0.191 e. The predicted octanol–water partition coefficient (Wildman–Crippen LogP) is 3.07. The zero-order chi connectivity index (χ0) is 18.2. The Morgan fingerprint density at radius 3 is 2.67 bits per heavy atom. The number of likely N-dealkylation sites (tertiary alicyclic amines) is 2. The Labute approximate surface area is 181 Å².